The number of hydrogen-bond donors (Lipinski definition) is 1. The Morgan fingerprint density at radius 2 is 2.04 bits per heavy atom. The third-order valence-electron chi connectivity index (χ3n) is 5.70. The number of halogens is 1. The number of amides is 1. The molecule has 1 aromatic carbocycles. The highest BCUT2D eigenvalue weighted by Crippen LogP contribution is 2.45. The predicted molar refractivity (Wildman–Crippen MR) is 103 cm³/mol. The average Bonchev–Trinajstić information content (AvgIpc) is 3.00. The molecule has 1 fully saturated rings. The van der Waals surface area contributed by atoms with E-state index in [-0.39, 0.29) is 17.0 Å². The van der Waals surface area contributed by atoms with Gasteiger partial charge in [0.15, 0.2) is 0 Å². The molecule has 1 amide bonds. The highest BCUT2D eigenvalue weighted by molar-refractivity contribution is 9.10. The number of aromatic nitrogens is 2. The summed E-state index contributed by atoms with van der Waals surface area (Å²) in [6.07, 6.45) is 5.35. The molecule has 0 saturated heterocycles. The number of ether oxygens (including phenoxy) is 1. The Bertz CT molecular complexity index is 771. The predicted octanol–water partition coefficient (Wildman–Crippen LogP) is 5.05. The van der Waals surface area contributed by atoms with Gasteiger partial charge in [-0.15, -0.1) is 0 Å². The number of hydrogen-bond acceptors (Lipinski definition) is 3. The average molecular weight is 408 g/mol. The Kier molecular flexibility index (Phi) is 4.84. The zero-order valence-corrected chi connectivity index (χ0v) is 16.9. The van der Waals surface area contributed by atoms with E-state index in [2.05, 4.69) is 57.9 Å². The van der Waals surface area contributed by atoms with Gasteiger partial charge in [0, 0.05) is 15.4 Å². The number of rotatable bonds is 2. The van der Waals surface area contributed by atoms with Crippen molar-refractivity contribution in [2.75, 3.05) is 7.11 Å². The zero-order valence-electron chi connectivity index (χ0n) is 15.3. The highest BCUT2D eigenvalue weighted by atomic mass is 79.9. The number of methoxy groups -OCH3 is 1. The minimum absolute atomic E-state index is 0.0403. The molecule has 3 rings (SSSR count). The molecule has 0 atom stereocenters. The van der Waals surface area contributed by atoms with Crippen molar-refractivity contribution in [2.24, 2.45) is 5.41 Å². The summed E-state index contributed by atoms with van der Waals surface area (Å²) in [5.41, 5.74) is 0.866. The molecule has 1 aliphatic rings. The molecule has 1 N–H and O–H groups in total. The minimum Gasteiger partial charge on any atom is -0.453 e. The standard InChI is InChI=1S/C19H26BrN3O2/c1-18(2,3)19(22-17(24)25-4)10-8-13(9-11-19)23-16-7-5-6-15(20)14(16)12-21-23/h5-7,12-13H,8-11H2,1-4H3,(H,22,24). The van der Waals surface area contributed by atoms with Crippen molar-refractivity contribution < 1.29 is 9.53 Å². The van der Waals surface area contributed by atoms with Gasteiger partial charge in [0.05, 0.1) is 24.9 Å². The fourth-order valence-corrected chi connectivity index (χ4v) is 4.43. The summed E-state index contributed by atoms with van der Waals surface area (Å²) < 4.78 is 8.09. The first-order chi connectivity index (χ1) is 11.8. The van der Waals surface area contributed by atoms with Crippen molar-refractivity contribution in [2.45, 2.75) is 58.0 Å². The van der Waals surface area contributed by atoms with E-state index in [9.17, 15) is 4.79 Å². The van der Waals surface area contributed by atoms with Gasteiger partial charge in [0.1, 0.15) is 0 Å². The molecule has 136 valence electrons. The topological polar surface area (TPSA) is 56.1 Å². The van der Waals surface area contributed by atoms with Gasteiger partial charge in [-0.2, -0.15) is 5.10 Å². The van der Waals surface area contributed by atoms with Gasteiger partial charge in [-0.05, 0) is 43.2 Å². The molecular formula is C19H26BrN3O2. The first kappa shape index (κ1) is 18.2. The van der Waals surface area contributed by atoms with Gasteiger partial charge >= 0.3 is 6.09 Å². The molecule has 0 spiro atoms. The summed E-state index contributed by atoms with van der Waals surface area (Å²) in [5.74, 6) is 0. The molecule has 1 saturated carbocycles. The maximum absolute atomic E-state index is 11.9. The van der Waals surface area contributed by atoms with E-state index in [0.717, 1.165) is 41.1 Å². The van der Waals surface area contributed by atoms with E-state index < -0.39 is 0 Å². The lowest BCUT2D eigenvalue weighted by atomic mass is 9.64. The second kappa shape index (κ2) is 6.63. The van der Waals surface area contributed by atoms with E-state index >= 15 is 0 Å². The number of carbonyl (C=O) groups excluding carboxylic acids is 1. The molecule has 0 radical (unpaired) electrons. The largest absolute Gasteiger partial charge is 0.453 e. The molecular weight excluding hydrogens is 382 g/mol. The van der Waals surface area contributed by atoms with E-state index in [4.69, 9.17) is 4.74 Å². The maximum Gasteiger partial charge on any atom is 0.407 e. The Hall–Kier alpha value is -1.56. The number of carbonyl (C=O) groups is 1. The van der Waals surface area contributed by atoms with Gasteiger partial charge < -0.3 is 10.1 Å². The molecule has 1 aromatic heterocycles. The summed E-state index contributed by atoms with van der Waals surface area (Å²) in [6.45, 7) is 6.55. The zero-order chi connectivity index (χ0) is 18.2. The van der Waals surface area contributed by atoms with Crippen LogP contribution in [0.25, 0.3) is 10.9 Å². The molecule has 0 bridgehead atoms. The highest BCUT2D eigenvalue weighted by Gasteiger charge is 2.46. The fourth-order valence-electron chi connectivity index (χ4n) is 3.98. The third-order valence-corrected chi connectivity index (χ3v) is 6.40. The van der Waals surface area contributed by atoms with E-state index in [0.29, 0.717) is 6.04 Å². The van der Waals surface area contributed by atoms with Crippen LogP contribution in [0.2, 0.25) is 0 Å². The molecule has 0 unspecified atom stereocenters. The van der Waals surface area contributed by atoms with Crippen LogP contribution in [0.1, 0.15) is 52.5 Å². The van der Waals surface area contributed by atoms with Gasteiger partial charge in [0.2, 0.25) is 0 Å². The molecule has 1 aliphatic carbocycles. The lowest BCUT2D eigenvalue weighted by molar-refractivity contribution is 0.0632. The van der Waals surface area contributed by atoms with Gasteiger partial charge in [-0.25, -0.2) is 4.79 Å². The van der Waals surface area contributed by atoms with E-state index in [1.54, 1.807) is 0 Å². The monoisotopic (exact) mass is 407 g/mol. The molecule has 2 aromatic rings. The van der Waals surface area contributed by atoms with Crippen LogP contribution >= 0.6 is 15.9 Å². The van der Waals surface area contributed by atoms with Crippen LogP contribution in [0.5, 0.6) is 0 Å². The number of nitrogens with one attached hydrogen (secondary N) is 1. The van der Waals surface area contributed by atoms with Crippen LogP contribution in [0.4, 0.5) is 4.79 Å². The quantitative estimate of drug-likeness (QED) is 0.756. The number of alkyl carbamates (subject to hydrolysis) is 1. The fraction of sp³-hybridized carbons (Fsp3) is 0.579. The lowest BCUT2D eigenvalue weighted by Crippen LogP contribution is -2.58. The molecule has 6 heteroatoms. The summed E-state index contributed by atoms with van der Waals surface area (Å²) in [6, 6.07) is 6.55. The van der Waals surface area contributed by atoms with Crippen molar-refractivity contribution in [3.05, 3.63) is 28.9 Å². The second-order valence-corrected chi connectivity index (χ2v) is 8.80. The Balaban J connectivity index is 1.84. The smallest absolute Gasteiger partial charge is 0.407 e. The first-order valence-electron chi connectivity index (χ1n) is 8.75. The van der Waals surface area contributed by atoms with Crippen molar-refractivity contribution in [1.29, 1.82) is 0 Å². The third kappa shape index (κ3) is 3.28. The van der Waals surface area contributed by atoms with Crippen molar-refractivity contribution in [1.82, 2.24) is 15.1 Å². The van der Waals surface area contributed by atoms with Crippen LogP contribution in [-0.4, -0.2) is 28.5 Å². The van der Waals surface area contributed by atoms with Gasteiger partial charge in [0.25, 0.3) is 0 Å². The number of fused-ring (bicyclic) bond motifs is 1. The number of nitrogens with zero attached hydrogens (tertiary/aromatic N) is 2. The van der Waals surface area contributed by atoms with E-state index in [1.165, 1.54) is 7.11 Å². The van der Waals surface area contributed by atoms with E-state index in [1.807, 2.05) is 18.3 Å². The summed E-state index contributed by atoms with van der Waals surface area (Å²) in [4.78, 5) is 11.9. The van der Waals surface area contributed by atoms with Crippen LogP contribution in [0.15, 0.2) is 28.9 Å². The van der Waals surface area contributed by atoms with Crippen LogP contribution in [-0.2, 0) is 4.74 Å². The van der Waals surface area contributed by atoms with Crippen molar-refractivity contribution in [3.63, 3.8) is 0 Å². The SMILES string of the molecule is COC(=O)NC1(C(C)(C)C)CCC(n2ncc3c(Br)cccc32)CC1. The molecule has 0 aliphatic heterocycles. The van der Waals surface area contributed by atoms with Crippen LogP contribution in [0, 0.1) is 5.41 Å². The summed E-state index contributed by atoms with van der Waals surface area (Å²) in [7, 11) is 1.42. The molecule has 25 heavy (non-hydrogen) atoms. The van der Waals surface area contributed by atoms with Gasteiger partial charge in [-0.3, -0.25) is 4.68 Å². The maximum atomic E-state index is 11.9. The summed E-state index contributed by atoms with van der Waals surface area (Å²) in [5, 5.41) is 8.92. The van der Waals surface area contributed by atoms with Crippen LogP contribution in [0.3, 0.4) is 0 Å². The minimum atomic E-state index is -0.346. The second-order valence-electron chi connectivity index (χ2n) is 7.94. The number of benzene rings is 1. The first-order valence-corrected chi connectivity index (χ1v) is 9.54. The normalized spacial score (nSPS) is 24.3. The van der Waals surface area contributed by atoms with Crippen LogP contribution < -0.4 is 5.32 Å². The Morgan fingerprint density at radius 1 is 1.36 bits per heavy atom. The molecule has 5 nitrogen and oxygen atoms in total. The molecule has 1 heterocycles. The van der Waals surface area contributed by atoms with Crippen molar-refractivity contribution in [3.8, 4) is 0 Å². The van der Waals surface area contributed by atoms with Gasteiger partial charge in [-0.1, -0.05) is 42.8 Å². The Morgan fingerprint density at radius 3 is 2.64 bits per heavy atom. The Labute approximate surface area is 157 Å². The van der Waals surface area contributed by atoms with Crippen molar-refractivity contribution >= 4 is 32.9 Å². The lowest BCUT2D eigenvalue weighted by Gasteiger charge is -2.49. The summed E-state index contributed by atoms with van der Waals surface area (Å²) >= 11 is 3.60.